The lowest BCUT2D eigenvalue weighted by Gasteiger charge is -2.18. The average molecular weight is 893 g/mol. The number of hydrogen-bond acceptors (Lipinski definition) is 5. The number of hydrogen-bond donors (Lipinski definition) is 0. The van der Waals surface area contributed by atoms with Gasteiger partial charge in [0.15, 0.2) is 6.10 Å². The quantitative estimate of drug-likeness (QED) is 0.0346. The van der Waals surface area contributed by atoms with Crippen molar-refractivity contribution in [2.45, 2.75) is 271 Å². The molecule has 5 nitrogen and oxygen atoms in total. The van der Waals surface area contributed by atoms with Gasteiger partial charge in [0.05, 0.1) is 6.61 Å². The van der Waals surface area contributed by atoms with Crippen LogP contribution in [0.3, 0.4) is 0 Å². The van der Waals surface area contributed by atoms with E-state index in [1.807, 2.05) is 6.08 Å². The predicted molar refractivity (Wildman–Crippen MR) is 279 cm³/mol. The van der Waals surface area contributed by atoms with Gasteiger partial charge in [0.25, 0.3) is 0 Å². The lowest BCUT2D eigenvalue weighted by Crippen LogP contribution is -2.30. The van der Waals surface area contributed by atoms with Gasteiger partial charge in [0.1, 0.15) is 6.61 Å². The van der Waals surface area contributed by atoms with Crippen molar-refractivity contribution in [2.24, 2.45) is 0 Å². The van der Waals surface area contributed by atoms with E-state index in [0.717, 1.165) is 64.2 Å². The number of unbranched alkanes of at least 4 members (excludes halogenated alkanes) is 27. The molecule has 0 aromatic carbocycles. The number of allylic oxidation sites excluding steroid dienone is 12. The van der Waals surface area contributed by atoms with Gasteiger partial charge in [-0.3, -0.25) is 9.59 Å². The topological polar surface area (TPSA) is 61.8 Å². The summed E-state index contributed by atoms with van der Waals surface area (Å²) in [6.45, 7) is 7.67. The van der Waals surface area contributed by atoms with Crippen molar-refractivity contribution in [3.63, 3.8) is 0 Å². The highest BCUT2D eigenvalue weighted by molar-refractivity contribution is 5.70. The molecule has 0 aromatic heterocycles. The first-order valence-electron chi connectivity index (χ1n) is 27.5. The van der Waals surface area contributed by atoms with Gasteiger partial charge < -0.3 is 14.2 Å². The lowest BCUT2D eigenvalue weighted by atomic mass is 10.0. The number of ether oxygens (including phenoxy) is 3. The first-order chi connectivity index (χ1) is 31.6. The Balaban J connectivity index is 4.31. The minimum Gasteiger partial charge on any atom is -0.462 e. The first kappa shape index (κ1) is 61.3. The van der Waals surface area contributed by atoms with Gasteiger partial charge in [-0.2, -0.15) is 0 Å². The summed E-state index contributed by atoms with van der Waals surface area (Å²) in [7, 11) is 0. The molecule has 1 atom stereocenters. The van der Waals surface area contributed by atoms with Crippen LogP contribution >= 0.6 is 0 Å². The van der Waals surface area contributed by atoms with Crippen LogP contribution in [0.15, 0.2) is 72.9 Å². The fourth-order valence-corrected chi connectivity index (χ4v) is 7.71. The molecule has 0 heterocycles. The normalized spacial score (nSPS) is 12.7. The Bertz CT molecular complexity index is 1150. The molecular weight excluding hydrogens is 789 g/mol. The smallest absolute Gasteiger partial charge is 0.306 e. The first-order valence-corrected chi connectivity index (χ1v) is 27.5. The Morgan fingerprint density at radius 1 is 0.359 bits per heavy atom. The van der Waals surface area contributed by atoms with Crippen LogP contribution in [-0.2, 0) is 23.8 Å². The molecular formula is C59H104O5. The van der Waals surface area contributed by atoms with Crippen molar-refractivity contribution in [3.8, 4) is 0 Å². The highest BCUT2D eigenvalue weighted by Gasteiger charge is 2.17. The SMILES string of the molecule is CC/C=C\C/C=C\C/C=C\C/C=C\C/C=C\C/C=C\CCC(=O)OCC(COCCCCCCCCCCCCCCCCCCCC)OC(=O)CCCCCCCCCCCCC. The Kier molecular flexibility index (Phi) is 52.4. The molecule has 0 saturated heterocycles. The van der Waals surface area contributed by atoms with E-state index < -0.39 is 6.10 Å². The molecule has 0 aromatic rings. The highest BCUT2D eigenvalue weighted by Crippen LogP contribution is 2.16. The summed E-state index contributed by atoms with van der Waals surface area (Å²) in [4.78, 5) is 25.4. The Morgan fingerprint density at radius 2 is 0.703 bits per heavy atom. The summed E-state index contributed by atoms with van der Waals surface area (Å²) >= 11 is 0. The zero-order chi connectivity index (χ0) is 46.3. The number of carbonyl (C=O) groups excluding carboxylic acids is 2. The van der Waals surface area contributed by atoms with Crippen LogP contribution in [-0.4, -0.2) is 37.9 Å². The average Bonchev–Trinajstić information content (AvgIpc) is 3.30. The van der Waals surface area contributed by atoms with E-state index in [0.29, 0.717) is 25.9 Å². The fourth-order valence-electron chi connectivity index (χ4n) is 7.71. The maximum absolute atomic E-state index is 12.8. The van der Waals surface area contributed by atoms with E-state index in [1.54, 1.807) is 0 Å². The van der Waals surface area contributed by atoms with Crippen LogP contribution in [0.1, 0.15) is 265 Å². The summed E-state index contributed by atoms with van der Waals surface area (Å²) in [5.74, 6) is -0.485. The second-order valence-corrected chi connectivity index (χ2v) is 18.1. The Hall–Kier alpha value is -2.66. The van der Waals surface area contributed by atoms with E-state index in [-0.39, 0.29) is 25.2 Å². The van der Waals surface area contributed by atoms with Gasteiger partial charge >= 0.3 is 11.9 Å². The summed E-state index contributed by atoms with van der Waals surface area (Å²) in [6.07, 6.45) is 70.7. The molecule has 0 N–H and O–H groups in total. The van der Waals surface area contributed by atoms with Gasteiger partial charge in [-0.15, -0.1) is 0 Å². The molecule has 0 radical (unpaired) electrons. The van der Waals surface area contributed by atoms with Gasteiger partial charge in [0, 0.05) is 19.4 Å². The molecule has 1 unspecified atom stereocenters. The molecule has 0 aliphatic rings. The summed E-state index contributed by atoms with van der Waals surface area (Å²) in [6, 6.07) is 0. The van der Waals surface area contributed by atoms with Crippen molar-refractivity contribution in [1.29, 1.82) is 0 Å². The summed E-state index contributed by atoms with van der Waals surface area (Å²) in [5, 5.41) is 0. The van der Waals surface area contributed by atoms with E-state index in [9.17, 15) is 9.59 Å². The standard InChI is InChI=1S/C59H104O5/c1-4-7-10-13-16-19-22-24-26-28-30-31-33-35-38-40-43-46-49-52-58(60)63-56-57(64-59(61)53-50-47-44-41-37-21-18-15-12-9-6-3)55-62-54-51-48-45-42-39-36-34-32-29-27-25-23-20-17-14-11-8-5-2/h7,10,16,19,24,26,30-31,35,38,43,46,57H,4-6,8-9,11-15,17-18,20-23,25,27-29,32-34,36-37,39-42,44-45,47-56H2,1-3H3/b10-7-,19-16-,26-24-,31-30-,38-35-,46-43-. The molecule has 370 valence electrons. The van der Waals surface area contributed by atoms with E-state index >= 15 is 0 Å². The van der Waals surface area contributed by atoms with Crippen LogP contribution < -0.4 is 0 Å². The molecule has 64 heavy (non-hydrogen) atoms. The van der Waals surface area contributed by atoms with Crippen LogP contribution in [0.5, 0.6) is 0 Å². The van der Waals surface area contributed by atoms with Crippen molar-refractivity contribution in [1.82, 2.24) is 0 Å². The zero-order valence-electron chi connectivity index (χ0n) is 42.5. The number of carbonyl (C=O) groups is 2. The number of rotatable bonds is 50. The fraction of sp³-hybridized carbons (Fsp3) is 0.763. The van der Waals surface area contributed by atoms with Gasteiger partial charge in [0.2, 0.25) is 0 Å². The molecule has 0 rings (SSSR count). The molecule has 0 fully saturated rings. The van der Waals surface area contributed by atoms with Crippen molar-refractivity contribution in [3.05, 3.63) is 72.9 Å². The van der Waals surface area contributed by atoms with Crippen LogP contribution in [0, 0.1) is 0 Å². The largest absolute Gasteiger partial charge is 0.462 e. The van der Waals surface area contributed by atoms with Crippen LogP contribution in [0.25, 0.3) is 0 Å². The molecule has 0 aliphatic carbocycles. The second kappa shape index (κ2) is 54.7. The van der Waals surface area contributed by atoms with Gasteiger partial charge in [-0.1, -0.05) is 267 Å². The molecule has 0 aliphatic heterocycles. The third-order valence-electron chi connectivity index (χ3n) is 11.8. The molecule has 0 amide bonds. The van der Waals surface area contributed by atoms with Crippen molar-refractivity contribution in [2.75, 3.05) is 19.8 Å². The highest BCUT2D eigenvalue weighted by atomic mass is 16.6. The molecule has 0 saturated carbocycles. The summed E-state index contributed by atoms with van der Waals surface area (Å²) < 4.78 is 17.4. The molecule has 0 bridgehead atoms. The molecule has 5 heteroatoms. The lowest BCUT2D eigenvalue weighted by molar-refractivity contribution is -0.162. The van der Waals surface area contributed by atoms with E-state index in [2.05, 4.69) is 87.6 Å². The predicted octanol–water partition coefficient (Wildman–Crippen LogP) is 18.7. The Labute approximate surface area is 397 Å². The van der Waals surface area contributed by atoms with Gasteiger partial charge in [-0.05, 0) is 57.8 Å². The number of esters is 2. The monoisotopic (exact) mass is 893 g/mol. The van der Waals surface area contributed by atoms with Crippen LogP contribution in [0.4, 0.5) is 0 Å². The minimum atomic E-state index is -0.564. The maximum atomic E-state index is 12.8. The van der Waals surface area contributed by atoms with Crippen molar-refractivity contribution >= 4 is 11.9 Å². The third kappa shape index (κ3) is 52.0. The minimum absolute atomic E-state index is 0.0473. The molecule has 0 spiro atoms. The van der Waals surface area contributed by atoms with Gasteiger partial charge in [-0.25, -0.2) is 0 Å². The zero-order valence-corrected chi connectivity index (χ0v) is 42.5. The van der Waals surface area contributed by atoms with E-state index in [1.165, 1.54) is 161 Å². The van der Waals surface area contributed by atoms with Crippen LogP contribution in [0.2, 0.25) is 0 Å². The summed E-state index contributed by atoms with van der Waals surface area (Å²) in [5.41, 5.74) is 0. The maximum Gasteiger partial charge on any atom is 0.306 e. The van der Waals surface area contributed by atoms with E-state index in [4.69, 9.17) is 14.2 Å². The Morgan fingerprint density at radius 3 is 1.09 bits per heavy atom. The van der Waals surface area contributed by atoms with Crippen molar-refractivity contribution < 1.29 is 23.8 Å². The second-order valence-electron chi connectivity index (χ2n) is 18.1. The third-order valence-corrected chi connectivity index (χ3v) is 11.8.